The lowest BCUT2D eigenvalue weighted by atomic mass is 10.0. The molecule has 0 heterocycles. The number of hydrogen-bond donors (Lipinski definition) is 1. The van der Waals surface area contributed by atoms with E-state index in [0.29, 0.717) is 112 Å². The number of ether oxygens (including phenoxy) is 9. The molecule has 10 nitrogen and oxygen atoms in total. The van der Waals surface area contributed by atoms with Crippen molar-refractivity contribution in [1.29, 1.82) is 0 Å². The molecule has 0 aromatic carbocycles. The first-order chi connectivity index (χ1) is 21.4. The zero-order valence-electron chi connectivity index (χ0n) is 27.7. The normalized spacial score (nSPS) is 11.6. The molecule has 43 heavy (non-hydrogen) atoms. The van der Waals surface area contributed by atoms with Gasteiger partial charge in [0.05, 0.1) is 119 Å². The molecule has 0 aliphatic heterocycles. The lowest BCUT2D eigenvalue weighted by Crippen LogP contribution is -2.15. The van der Waals surface area contributed by atoms with Gasteiger partial charge in [-0.05, 0) is 6.42 Å². The fourth-order valence-corrected chi connectivity index (χ4v) is 4.15. The highest BCUT2D eigenvalue weighted by Crippen LogP contribution is 2.12. The van der Waals surface area contributed by atoms with Crippen LogP contribution in [-0.2, 0) is 42.6 Å². The topological polar surface area (TPSA) is 103 Å². The summed E-state index contributed by atoms with van der Waals surface area (Å²) in [6, 6.07) is 0. The van der Waals surface area contributed by atoms with Gasteiger partial charge in [0.2, 0.25) is 0 Å². The molecule has 260 valence electrons. The van der Waals surface area contributed by atoms with Crippen LogP contribution < -0.4 is 0 Å². The van der Waals surface area contributed by atoms with E-state index in [1.54, 1.807) is 0 Å². The monoisotopic (exact) mass is 624 g/mol. The highest BCUT2D eigenvalue weighted by atomic mass is 16.6. The Morgan fingerprint density at radius 2 is 0.465 bits per heavy atom. The second-order valence-corrected chi connectivity index (χ2v) is 10.5. The summed E-state index contributed by atoms with van der Waals surface area (Å²) < 4.78 is 49.0. The lowest BCUT2D eigenvalue weighted by Gasteiger charge is -2.09. The SMILES string of the molecule is CCCCCCCCCCCCCCCOCCOCCOCCOCCOCCOCCOCCOCCOCCO. The smallest absolute Gasteiger partial charge is 0.0701 e. The van der Waals surface area contributed by atoms with Crippen molar-refractivity contribution in [3.8, 4) is 0 Å². The molecular weight excluding hydrogens is 556 g/mol. The van der Waals surface area contributed by atoms with Crippen LogP contribution in [0.15, 0.2) is 0 Å². The van der Waals surface area contributed by atoms with Crippen molar-refractivity contribution in [3.63, 3.8) is 0 Å². The zero-order valence-corrected chi connectivity index (χ0v) is 27.7. The number of aliphatic hydroxyl groups excluding tert-OH is 1. The first kappa shape index (κ1) is 42.6. The summed E-state index contributed by atoms with van der Waals surface area (Å²) >= 11 is 0. The summed E-state index contributed by atoms with van der Waals surface area (Å²) in [5.41, 5.74) is 0. The third kappa shape index (κ3) is 41.6. The van der Waals surface area contributed by atoms with Crippen molar-refractivity contribution in [3.05, 3.63) is 0 Å². The molecule has 0 amide bonds. The summed E-state index contributed by atoms with van der Waals surface area (Å²) in [4.78, 5) is 0. The number of hydrogen-bond acceptors (Lipinski definition) is 10. The average molecular weight is 625 g/mol. The molecule has 0 aromatic heterocycles. The van der Waals surface area contributed by atoms with E-state index in [0.717, 1.165) is 13.0 Å². The lowest BCUT2D eigenvalue weighted by molar-refractivity contribution is -0.0255. The van der Waals surface area contributed by atoms with Crippen LogP contribution in [0.2, 0.25) is 0 Å². The Balaban J connectivity index is 3.02. The van der Waals surface area contributed by atoms with Gasteiger partial charge in [0.25, 0.3) is 0 Å². The maximum atomic E-state index is 8.58. The van der Waals surface area contributed by atoms with E-state index in [1.807, 2.05) is 0 Å². The predicted octanol–water partition coefficient (Wildman–Crippen LogP) is 5.22. The van der Waals surface area contributed by atoms with Gasteiger partial charge in [-0.25, -0.2) is 0 Å². The van der Waals surface area contributed by atoms with Crippen LogP contribution in [0, 0.1) is 0 Å². The van der Waals surface area contributed by atoms with Gasteiger partial charge in [-0.3, -0.25) is 0 Å². The highest BCUT2D eigenvalue weighted by Gasteiger charge is 1.97. The highest BCUT2D eigenvalue weighted by molar-refractivity contribution is 4.49. The molecule has 0 atom stereocenters. The molecule has 0 spiro atoms. The van der Waals surface area contributed by atoms with E-state index < -0.39 is 0 Å². The molecule has 0 rings (SSSR count). The third-order valence-corrected chi connectivity index (χ3v) is 6.60. The van der Waals surface area contributed by atoms with Crippen molar-refractivity contribution in [1.82, 2.24) is 0 Å². The minimum absolute atomic E-state index is 0.0325. The molecule has 0 saturated carbocycles. The first-order valence-corrected chi connectivity index (χ1v) is 17.2. The van der Waals surface area contributed by atoms with E-state index >= 15 is 0 Å². The predicted molar refractivity (Wildman–Crippen MR) is 170 cm³/mol. The number of aliphatic hydroxyl groups is 1. The largest absolute Gasteiger partial charge is 0.394 e. The van der Waals surface area contributed by atoms with Gasteiger partial charge >= 0.3 is 0 Å². The molecule has 0 aromatic rings. The van der Waals surface area contributed by atoms with Crippen LogP contribution in [0.3, 0.4) is 0 Å². The van der Waals surface area contributed by atoms with E-state index in [-0.39, 0.29) is 6.61 Å². The molecule has 0 saturated heterocycles. The summed E-state index contributed by atoms with van der Waals surface area (Å²) in [5.74, 6) is 0. The van der Waals surface area contributed by atoms with Crippen LogP contribution in [-0.4, -0.2) is 131 Å². The Morgan fingerprint density at radius 3 is 0.721 bits per heavy atom. The zero-order chi connectivity index (χ0) is 31.0. The maximum Gasteiger partial charge on any atom is 0.0701 e. The standard InChI is InChI=1S/C33H68O10/c1-2-3-4-5-6-7-8-9-10-11-12-13-14-16-35-18-20-37-22-24-39-26-28-41-30-32-43-33-31-42-29-27-40-25-23-38-21-19-36-17-15-34/h34H,2-33H2,1H3. The number of unbranched alkanes of at least 4 members (excludes halogenated alkanes) is 12. The second-order valence-electron chi connectivity index (χ2n) is 10.5. The Morgan fingerprint density at radius 1 is 0.256 bits per heavy atom. The van der Waals surface area contributed by atoms with Crippen LogP contribution in [0.25, 0.3) is 0 Å². The van der Waals surface area contributed by atoms with Crippen molar-refractivity contribution < 1.29 is 47.7 Å². The van der Waals surface area contributed by atoms with Crippen molar-refractivity contribution >= 4 is 0 Å². The van der Waals surface area contributed by atoms with E-state index in [9.17, 15) is 0 Å². The maximum absolute atomic E-state index is 8.58. The molecular formula is C33H68O10. The minimum Gasteiger partial charge on any atom is -0.394 e. The Hall–Kier alpha value is -0.400. The first-order valence-electron chi connectivity index (χ1n) is 17.2. The van der Waals surface area contributed by atoms with Crippen LogP contribution in [0.4, 0.5) is 0 Å². The Kier molecular flexibility index (Phi) is 41.2. The second kappa shape index (κ2) is 41.6. The van der Waals surface area contributed by atoms with Crippen molar-refractivity contribution in [2.45, 2.75) is 90.4 Å². The van der Waals surface area contributed by atoms with E-state index in [1.165, 1.54) is 77.0 Å². The molecule has 0 aliphatic carbocycles. The summed E-state index contributed by atoms with van der Waals surface area (Å²) in [5, 5.41) is 8.58. The molecule has 0 fully saturated rings. The fraction of sp³-hybridized carbons (Fsp3) is 1.00. The summed E-state index contributed by atoms with van der Waals surface area (Å²) in [6.45, 7) is 12.1. The van der Waals surface area contributed by atoms with Gasteiger partial charge in [-0.1, -0.05) is 84.0 Å². The molecule has 10 heteroatoms. The van der Waals surface area contributed by atoms with Gasteiger partial charge in [-0.15, -0.1) is 0 Å². The molecule has 1 N–H and O–H groups in total. The summed E-state index contributed by atoms with van der Waals surface area (Å²) in [6.07, 6.45) is 17.8. The van der Waals surface area contributed by atoms with Gasteiger partial charge in [0.1, 0.15) is 0 Å². The molecule has 0 aliphatic rings. The average Bonchev–Trinajstić information content (AvgIpc) is 3.02. The van der Waals surface area contributed by atoms with Crippen molar-refractivity contribution in [2.24, 2.45) is 0 Å². The number of rotatable bonds is 40. The Bertz CT molecular complexity index is 433. The van der Waals surface area contributed by atoms with Crippen LogP contribution in [0.5, 0.6) is 0 Å². The fourth-order valence-electron chi connectivity index (χ4n) is 4.15. The van der Waals surface area contributed by atoms with E-state index in [4.69, 9.17) is 47.7 Å². The van der Waals surface area contributed by atoms with Gasteiger partial charge in [0.15, 0.2) is 0 Å². The van der Waals surface area contributed by atoms with Gasteiger partial charge in [-0.2, -0.15) is 0 Å². The van der Waals surface area contributed by atoms with Crippen molar-refractivity contribution in [2.75, 3.05) is 126 Å². The van der Waals surface area contributed by atoms with Crippen LogP contribution >= 0.6 is 0 Å². The van der Waals surface area contributed by atoms with Crippen LogP contribution in [0.1, 0.15) is 90.4 Å². The molecule has 0 bridgehead atoms. The summed E-state index contributed by atoms with van der Waals surface area (Å²) in [7, 11) is 0. The third-order valence-electron chi connectivity index (χ3n) is 6.60. The molecule has 0 unspecified atom stereocenters. The Labute approximate surface area is 263 Å². The van der Waals surface area contributed by atoms with Gasteiger partial charge in [0, 0.05) is 6.61 Å². The van der Waals surface area contributed by atoms with Gasteiger partial charge < -0.3 is 47.7 Å². The minimum atomic E-state index is 0.0325. The quantitative estimate of drug-likeness (QED) is 0.0913. The van der Waals surface area contributed by atoms with E-state index in [2.05, 4.69) is 6.92 Å². The molecule has 0 radical (unpaired) electrons.